The van der Waals surface area contributed by atoms with Crippen LogP contribution in [-0.2, 0) is 6.42 Å². The Balaban J connectivity index is 2.58. The highest BCUT2D eigenvalue weighted by Crippen LogP contribution is 2.24. The van der Waals surface area contributed by atoms with Gasteiger partial charge in [-0.1, -0.05) is 0 Å². The first-order chi connectivity index (χ1) is 6.18. The molecule has 68 valence electrons. The lowest BCUT2D eigenvalue weighted by Crippen LogP contribution is -2.13. The molecule has 0 amide bonds. The Hall–Kier alpha value is -0.700. The van der Waals surface area contributed by atoms with E-state index >= 15 is 0 Å². The summed E-state index contributed by atoms with van der Waals surface area (Å²) in [6, 6.07) is 2.02. The number of aromatic nitrogens is 1. The molecule has 0 saturated carbocycles. The average molecular weight is 240 g/mol. The maximum Gasteiger partial charge on any atom is 0.181 e. The van der Waals surface area contributed by atoms with Gasteiger partial charge in [0.2, 0.25) is 0 Å². The molecule has 0 fully saturated rings. The summed E-state index contributed by atoms with van der Waals surface area (Å²) in [5, 5.41) is 0. The minimum absolute atomic E-state index is 0.192. The van der Waals surface area contributed by atoms with E-state index in [1.54, 1.807) is 0 Å². The zero-order valence-corrected chi connectivity index (χ0v) is 9.02. The fourth-order valence-electron chi connectivity index (χ4n) is 1.61. The highest BCUT2D eigenvalue weighted by molar-refractivity contribution is 9.10. The molecular weight excluding hydrogens is 230 g/mol. The van der Waals surface area contributed by atoms with Crippen LogP contribution in [0.5, 0.6) is 0 Å². The lowest BCUT2D eigenvalue weighted by atomic mass is 9.95. The first-order valence-electron chi connectivity index (χ1n) is 4.37. The van der Waals surface area contributed by atoms with Crippen LogP contribution in [0.15, 0.2) is 10.5 Å². The quantitative estimate of drug-likeness (QED) is 0.697. The molecule has 2 nitrogen and oxygen atoms in total. The Morgan fingerprint density at radius 3 is 3.00 bits per heavy atom. The molecule has 1 aliphatic rings. The number of Topliss-reactive ketones (excluding diaryl/α,β-unsaturated/α-hetero) is 1. The molecule has 0 aliphatic heterocycles. The molecule has 0 bridgehead atoms. The second-order valence-corrected chi connectivity index (χ2v) is 4.19. The van der Waals surface area contributed by atoms with Crippen LogP contribution in [0.3, 0.4) is 0 Å². The van der Waals surface area contributed by atoms with Gasteiger partial charge >= 0.3 is 0 Å². The Kier molecular flexibility index (Phi) is 2.20. The molecule has 1 aliphatic carbocycles. The van der Waals surface area contributed by atoms with E-state index in [1.807, 2.05) is 13.0 Å². The van der Waals surface area contributed by atoms with E-state index in [4.69, 9.17) is 0 Å². The minimum atomic E-state index is 0.192. The van der Waals surface area contributed by atoms with Crippen LogP contribution in [0.25, 0.3) is 0 Å². The Labute approximate surface area is 85.5 Å². The third-order valence-corrected chi connectivity index (χ3v) is 3.15. The normalized spacial score (nSPS) is 15.7. The highest BCUT2D eigenvalue weighted by atomic mass is 79.9. The van der Waals surface area contributed by atoms with Crippen molar-refractivity contribution in [3.63, 3.8) is 0 Å². The number of rotatable bonds is 0. The highest BCUT2D eigenvalue weighted by Gasteiger charge is 2.19. The average Bonchev–Trinajstić information content (AvgIpc) is 2.09. The fraction of sp³-hybridized carbons (Fsp3) is 0.400. The molecule has 0 unspecified atom stereocenters. The van der Waals surface area contributed by atoms with E-state index in [0.717, 1.165) is 28.6 Å². The molecule has 0 spiro atoms. The Morgan fingerprint density at radius 2 is 2.23 bits per heavy atom. The number of pyridine rings is 1. The fourth-order valence-corrected chi connectivity index (χ4v) is 1.97. The molecular formula is C10H10BrNO. The molecule has 1 aromatic heterocycles. The SMILES string of the molecule is Cc1nc2c(cc1Br)CCCC2=O. The van der Waals surface area contributed by atoms with Crippen molar-refractivity contribution < 1.29 is 4.79 Å². The molecule has 0 saturated heterocycles. The maximum atomic E-state index is 11.5. The van der Waals surface area contributed by atoms with Crippen molar-refractivity contribution in [3.05, 3.63) is 27.5 Å². The van der Waals surface area contributed by atoms with Gasteiger partial charge in [0, 0.05) is 10.9 Å². The van der Waals surface area contributed by atoms with Crippen LogP contribution in [-0.4, -0.2) is 10.8 Å². The van der Waals surface area contributed by atoms with Gasteiger partial charge in [0.15, 0.2) is 5.78 Å². The summed E-state index contributed by atoms with van der Waals surface area (Å²) < 4.78 is 1.00. The largest absolute Gasteiger partial charge is 0.292 e. The Morgan fingerprint density at radius 1 is 1.46 bits per heavy atom. The van der Waals surface area contributed by atoms with E-state index in [-0.39, 0.29) is 5.78 Å². The molecule has 0 radical (unpaired) electrons. The second kappa shape index (κ2) is 3.22. The van der Waals surface area contributed by atoms with Gasteiger partial charge < -0.3 is 0 Å². The van der Waals surface area contributed by atoms with Gasteiger partial charge in [-0.25, -0.2) is 4.98 Å². The first kappa shape index (κ1) is 8.88. The number of hydrogen-bond acceptors (Lipinski definition) is 2. The molecule has 0 N–H and O–H groups in total. The van der Waals surface area contributed by atoms with Crippen LogP contribution in [0.4, 0.5) is 0 Å². The third-order valence-electron chi connectivity index (χ3n) is 2.34. The number of halogens is 1. The summed E-state index contributed by atoms with van der Waals surface area (Å²) in [5.74, 6) is 0.192. The summed E-state index contributed by atoms with van der Waals surface area (Å²) >= 11 is 3.42. The van der Waals surface area contributed by atoms with Gasteiger partial charge in [0.25, 0.3) is 0 Å². The summed E-state index contributed by atoms with van der Waals surface area (Å²) in [6.45, 7) is 1.91. The van der Waals surface area contributed by atoms with Crippen molar-refractivity contribution in [3.8, 4) is 0 Å². The molecule has 1 aromatic rings. The van der Waals surface area contributed by atoms with Crippen molar-refractivity contribution in [2.75, 3.05) is 0 Å². The lowest BCUT2D eigenvalue weighted by molar-refractivity contribution is 0.0967. The predicted molar refractivity (Wildman–Crippen MR) is 53.9 cm³/mol. The van der Waals surface area contributed by atoms with Gasteiger partial charge in [-0.3, -0.25) is 4.79 Å². The van der Waals surface area contributed by atoms with Crippen molar-refractivity contribution in [1.29, 1.82) is 0 Å². The topological polar surface area (TPSA) is 30.0 Å². The van der Waals surface area contributed by atoms with Crippen molar-refractivity contribution in [2.45, 2.75) is 26.2 Å². The number of carbonyl (C=O) groups is 1. The van der Waals surface area contributed by atoms with Gasteiger partial charge in [0.05, 0.1) is 5.69 Å². The van der Waals surface area contributed by atoms with Crippen LogP contribution in [0, 0.1) is 6.92 Å². The number of carbonyl (C=O) groups excluding carboxylic acids is 1. The van der Waals surface area contributed by atoms with E-state index in [0.29, 0.717) is 12.1 Å². The van der Waals surface area contributed by atoms with E-state index in [9.17, 15) is 4.79 Å². The smallest absolute Gasteiger partial charge is 0.181 e. The zero-order valence-electron chi connectivity index (χ0n) is 7.43. The third kappa shape index (κ3) is 1.53. The van der Waals surface area contributed by atoms with E-state index in [1.165, 1.54) is 0 Å². The predicted octanol–water partition coefficient (Wildman–Crippen LogP) is 2.67. The number of hydrogen-bond donors (Lipinski definition) is 0. The molecule has 2 rings (SSSR count). The van der Waals surface area contributed by atoms with Crippen LogP contribution in [0.1, 0.15) is 34.6 Å². The number of ketones is 1. The number of aryl methyl sites for hydroxylation is 2. The van der Waals surface area contributed by atoms with Crippen LogP contribution in [0.2, 0.25) is 0 Å². The maximum absolute atomic E-state index is 11.5. The number of nitrogens with zero attached hydrogens (tertiary/aromatic N) is 1. The summed E-state index contributed by atoms with van der Waals surface area (Å²) in [6.07, 6.45) is 2.59. The summed E-state index contributed by atoms with van der Waals surface area (Å²) in [7, 11) is 0. The monoisotopic (exact) mass is 239 g/mol. The van der Waals surface area contributed by atoms with Gasteiger partial charge in [-0.05, 0) is 47.3 Å². The molecule has 3 heteroatoms. The second-order valence-electron chi connectivity index (χ2n) is 3.34. The Bertz CT molecular complexity index is 373. The molecule has 0 atom stereocenters. The van der Waals surface area contributed by atoms with E-state index < -0.39 is 0 Å². The van der Waals surface area contributed by atoms with Gasteiger partial charge in [-0.2, -0.15) is 0 Å². The van der Waals surface area contributed by atoms with Crippen molar-refractivity contribution in [2.24, 2.45) is 0 Å². The summed E-state index contributed by atoms with van der Waals surface area (Å²) in [4.78, 5) is 15.8. The van der Waals surface area contributed by atoms with Crippen LogP contribution < -0.4 is 0 Å². The molecule has 13 heavy (non-hydrogen) atoms. The minimum Gasteiger partial charge on any atom is -0.292 e. The van der Waals surface area contributed by atoms with Gasteiger partial charge in [0.1, 0.15) is 5.69 Å². The number of fused-ring (bicyclic) bond motifs is 1. The van der Waals surface area contributed by atoms with Crippen LogP contribution >= 0.6 is 15.9 Å². The van der Waals surface area contributed by atoms with Crippen molar-refractivity contribution >= 4 is 21.7 Å². The standard InChI is InChI=1S/C10H10BrNO/c1-6-8(11)5-7-3-2-4-9(13)10(7)12-6/h5H,2-4H2,1H3. The zero-order chi connectivity index (χ0) is 9.42. The van der Waals surface area contributed by atoms with Gasteiger partial charge in [-0.15, -0.1) is 0 Å². The molecule has 0 aromatic carbocycles. The summed E-state index contributed by atoms with van der Waals surface area (Å²) in [5.41, 5.74) is 2.68. The lowest BCUT2D eigenvalue weighted by Gasteiger charge is -2.14. The van der Waals surface area contributed by atoms with Crippen molar-refractivity contribution in [1.82, 2.24) is 4.98 Å². The molecule has 1 heterocycles. The van der Waals surface area contributed by atoms with E-state index in [2.05, 4.69) is 20.9 Å². The first-order valence-corrected chi connectivity index (χ1v) is 5.17.